The molecule has 0 radical (unpaired) electrons. The van der Waals surface area contributed by atoms with E-state index in [2.05, 4.69) is 10.6 Å². The Morgan fingerprint density at radius 1 is 1.19 bits per heavy atom. The first-order valence-electron chi connectivity index (χ1n) is 6.86. The SMILES string of the molecule is CNC(C)c1ccccc1NC(=O)c1cc(F)ccc1C. The highest BCUT2D eigenvalue weighted by molar-refractivity contribution is 6.05. The Bertz CT molecular complexity index is 655. The third-order valence-corrected chi connectivity index (χ3v) is 3.55. The van der Waals surface area contributed by atoms with Crippen LogP contribution in [-0.4, -0.2) is 13.0 Å². The maximum absolute atomic E-state index is 13.3. The lowest BCUT2D eigenvalue weighted by Crippen LogP contribution is -2.18. The minimum atomic E-state index is -0.414. The molecule has 0 heterocycles. The van der Waals surface area contributed by atoms with Gasteiger partial charge in [0.15, 0.2) is 0 Å². The maximum atomic E-state index is 13.3. The minimum Gasteiger partial charge on any atom is -0.322 e. The first kappa shape index (κ1) is 15.2. The smallest absolute Gasteiger partial charge is 0.256 e. The number of hydrogen-bond acceptors (Lipinski definition) is 2. The highest BCUT2D eigenvalue weighted by Crippen LogP contribution is 2.23. The lowest BCUT2D eigenvalue weighted by atomic mass is 10.0. The van der Waals surface area contributed by atoms with Crippen LogP contribution in [0, 0.1) is 12.7 Å². The van der Waals surface area contributed by atoms with Gasteiger partial charge in [0, 0.05) is 17.3 Å². The molecule has 1 atom stereocenters. The molecule has 0 bridgehead atoms. The summed E-state index contributed by atoms with van der Waals surface area (Å²) in [5, 5.41) is 6.01. The standard InChI is InChI=1S/C17H19FN2O/c1-11-8-9-13(18)10-15(11)17(21)20-16-7-5-4-6-14(16)12(2)19-3/h4-10,12,19H,1-3H3,(H,20,21). The molecule has 2 rings (SSSR count). The molecule has 0 aliphatic rings. The van der Waals surface area contributed by atoms with Crippen LogP contribution < -0.4 is 10.6 Å². The molecule has 2 N–H and O–H groups in total. The normalized spacial score (nSPS) is 12.0. The van der Waals surface area contributed by atoms with Gasteiger partial charge in [-0.1, -0.05) is 24.3 Å². The molecule has 0 fully saturated rings. The summed E-state index contributed by atoms with van der Waals surface area (Å²) >= 11 is 0. The van der Waals surface area contributed by atoms with Crippen molar-refractivity contribution >= 4 is 11.6 Å². The molecule has 0 spiro atoms. The van der Waals surface area contributed by atoms with Crippen molar-refractivity contribution in [3.63, 3.8) is 0 Å². The predicted octanol–water partition coefficient (Wildman–Crippen LogP) is 3.67. The van der Waals surface area contributed by atoms with Crippen LogP contribution in [0.25, 0.3) is 0 Å². The van der Waals surface area contributed by atoms with E-state index < -0.39 is 5.82 Å². The van der Waals surface area contributed by atoms with Crippen molar-refractivity contribution in [2.45, 2.75) is 19.9 Å². The van der Waals surface area contributed by atoms with Gasteiger partial charge in [-0.15, -0.1) is 0 Å². The topological polar surface area (TPSA) is 41.1 Å². The van der Waals surface area contributed by atoms with Crippen molar-refractivity contribution in [1.29, 1.82) is 0 Å². The molecule has 4 heteroatoms. The minimum absolute atomic E-state index is 0.107. The van der Waals surface area contributed by atoms with Gasteiger partial charge in [-0.2, -0.15) is 0 Å². The Hall–Kier alpha value is -2.20. The second-order valence-electron chi connectivity index (χ2n) is 5.01. The van der Waals surface area contributed by atoms with Gasteiger partial charge in [-0.3, -0.25) is 4.79 Å². The summed E-state index contributed by atoms with van der Waals surface area (Å²) in [5.74, 6) is -0.717. The Balaban J connectivity index is 2.30. The van der Waals surface area contributed by atoms with Crippen LogP contribution in [0.3, 0.4) is 0 Å². The number of anilines is 1. The van der Waals surface area contributed by atoms with E-state index in [4.69, 9.17) is 0 Å². The number of para-hydroxylation sites is 1. The number of carbonyl (C=O) groups excluding carboxylic acids is 1. The molecule has 3 nitrogen and oxygen atoms in total. The quantitative estimate of drug-likeness (QED) is 0.900. The predicted molar refractivity (Wildman–Crippen MR) is 83.0 cm³/mol. The molecule has 0 saturated heterocycles. The molecule has 110 valence electrons. The van der Waals surface area contributed by atoms with Gasteiger partial charge in [0.25, 0.3) is 5.91 Å². The highest BCUT2D eigenvalue weighted by atomic mass is 19.1. The zero-order valence-corrected chi connectivity index (χ0v) is 12.4. The van der Waals surface area contributed by atoms with Crippen molar-refractivity contribution in [1.82, 2.24) is 5.32 Å². The Labute approximate surface area is 124 Å². The summed E-state index contributed by atoms with van der Waals surface area (Å²) in [7, 11) is 1.86. The number of halogens is 1. The van der Waals surface area contributed by atoms with E-state index in [9.17, 15) is 9.18 Å². The summed E-state index contributed by atoms with van der Waals surface area (Å²) in [6.07, 6.45) is 0. The molecular formula is C17H19FN2O. The average Bonchev–Trinajstić information content (AvgIpc) is 2.49. The summed E-state index contributed by atoms with van der Waals surface area (Å²) in [6, 6.07) is 11.9. The first-order chi connectivity index (χ1) is 10.0. The molecule has 0 aliphatic carbocycles. The Kier molecular flexibility index (Phi) is 4.70. The van der Waals surface area contributed by atoms with Gasteiger partial charge in [0.1, 0.15) is 5.82 Å². The van der Waals surface area contributed by atoms with Gasteiger partial charge in [0.05, 0.1) is 0 Å². The molecule has 0 aliphatic heterocycles. The van der Waals surface area contributed by atoms with Crippen molar-refractivity contribution in [3.8, 4) is 0 Å². The second kappa shape index (κ2) is 6.50. The van der Waals surface area contributed by atoms with Crippen molar-refractivity contribution < 1.29 is 9.18 Å². The van der Waals surface area contributed by atoms with Gasteiger partial charge in [-0.05, 0) is 50.2 Å². The van der Waals surface area contributed by atoms with Crippen LogP contribution in [0.15, 0.2) is 42.5 Å². The van der Waals surface area contributed by atoms with Gasteiger partial charge < -0.3 is 10.6 Å². The van der Waals surface area contributed by atoms with E-state index >= 15 is 0 Å². The van der Waals surface area contributed by atoms with Crippen molar-refractivity contribution in [2.75, 3.05) is 12.4 Å². The number of nitrogens with one attached hydrogen (secondary N) is 2. The molecule has 0 aromatic heterocycles. The van der Waals surface area contributed by atoms with Crippen LogP contribution in [-0.2, 0) is 0 Å². The highest BCUT2D eigenvalue weighted by Gasteiger charge is 2.14. The van der Waals surface area contributed by atoms with E-state index in [1.54, 1.807) is 13.0 Å². The van der Waals surface area contributed by atoms with Gasteiger partial charge in [-0.25, -0.2) is 4.39 Å². The number of amides is 1. The fraction of sp³-hybridized carbons (Fsp3) is 0.235. The summed E-state index contributed by atoms with van der Waals surface area (Å²) in [4.78, 5) is 12.4. The van der Waals surface area contributed by atoms with Crippen molar-refractivity contribution in [2.24, 2.45) is 0 Å². The van der Waals surface area contributed by atoms with Crippen LogP contribution in [0.2, 0.25) is 0 Å². The van der Waals surface area contributed by atoms with Gasteiger partial charge >= 0.3 is 0 Å². The summed E-state index contributed by atoms with van der Waals surface area (Å²) < 4.78 is 13.3. The molecule has 1 unspecified atom stereocenters. The fourth-order valence-corrected chi connectivity index (χ4v) is 2.17. The molecule has 1 amide bonds. The van der Waals surface area contributed by atoms with Crippen LogP contribution in [0.1, 0.15) is 34.5 Å². The first-order valence-corrected chi connectivity index (χ1v) is 6.86. The van der Waals surface area contributed by atoms with E-state index in [-0.39, 0.29) is 11.9 Å². The number of carbonyl (C=O) groups is 1. The largest absolute Gasteiger partial charge is 0.322 e. The summed E-state index contributed by atoms with van der Waals surface area (Å²) in [6.45, 7) is 3.80. The average molecular weight is 286 g/mol. The number of rotatable bonds is 4. The van der Waals surface area contributed by atoms with E-state index in [1.165, 1.54) is 12.1 Å². The fourth-order valence-electron chi connectivity index (χ4n) is 2.17. The monoisotopic (exact) mass is 286 g/mol. The third-order valence-electron chi connectivity index (χ3n) is 3.55. The van der Waals surface area contributed by atoms with Crippen LogP contribution in [0.4, 0.5) is 10.1 Å². The molecular weight excluding hydrogens is 267 g/mol. The lowest BCUT2D eigenvalue weighted by Gasteiger charge is -2.17. The van der Waals surface area contributed by atoms with Crippen molar-refractivity contribution in [3.05, 3.63) is 65.0 Å². The van der Waals surface area contributed by atoms with Crippen LogP contribution >= 0.6 is 0 Å². The molecule has 21 heavy (non-hydrogen) atoms. The third kappa shape index (κ3) is 3.47. The lowest BCUT2D eigenvalue weighted by molar-refractivity contribution is 0.102. The zero-order valence-electron chi connectivity index (χ0n) is 12.4. The zero-order chi connectivity index (χ0) is 15.4. The number of aryl methyl sites for hydroxylation is 1. The van der Waals surface area contributed by atoms with Crippen LogP contribution in [0.5, 0.6) is 0 Å². The van der Waals surface area contributed by atoms with Gasteiger partial charge in [0.2, 0.25) is 0 Å². The Morgan fingerprint density at radius 2 is 1.90 bits per heavy atom. The van der Waals surface area contributed by atoms with E-state index in [0.29, 0.717) is 5.56 Å². The number of benzene rings is 2. The maximum Gasteiger partial charge on any atom is 0.256 e. The number of hydrogen-bond donors (Lipinski definition) is 2. The summed E-state index contributed by atoms with van der Waals surface area (Å²) in [5.41, 5.74) is 2.81. The van der Waals surface area contributed by atoms with E-state index in [1.807, 2.05) is 38.2 Å². The molecule has 0 saturated carbocycles. The van der Waals surface area contributed by atoms with E-state index in [0.717, 1.165) is 16.8 Å². The second-order valence-corrected chi connectivity index (χ2v) is 5.01. The molecule has 2 aromatic carbocycles. The Morgan fingerprint density at radius 3 is 2.62 bits per heavy atom. The molecule has 2 aromatic rings.